The van der Waals surface area contributed by atoms with Crippen molar-refractivity contribution in [3.8, 4) is 0 Å². The highest BCUT2D eigenvalue weighted by atomic mass is 35.5. The van der Waals surface area contributed by atoms with Gasteiger partial charge in [-0.05, 0) is 51.2 Å². The number of unbranched alkanes of at least 4 members (excludes halogenated alkanes) is 7. The molecule has 0 bridgehead atoms. The van der Waals surface area contributed by atoms with Crippen LogP contribution < -0.4 is 0 Å². The Morgan fingerprint density at radius 1 is 0.857 bits per heavy atom. The van der Waals surface area contributed by atoms with Gasteiger partial charge in [-0.3, -0.25) is 0 Å². The lowest BCUT2D eigenvalue weighted by molar-refractivity contribution is 0.169. The number of piperidine rings is 1. The van der Waals surface area contributed by atoms with E-state index in [1.807, 2.05) is 0 Å². The molecule has 1 fully saturated rings. The number of aliphatic hydroxyl groups excluding tert-OH is 1. The van der Waals surface area contributed by atoms with E-state index in [4.69, 9.17) is 5.11 Å². The second-order valence-electron chi connectivity index (χ2n) is 6.63. The van der Waals surface area contributed by atoms with Crippen LogP contribution in [0.25, 0.3) is 0 Å². The van der Waals surface area contributed by atoms with Crippen molar-refractivity contribution in [3.05, 3.63) is 0 Å². The molecule has 3 heteroatoms. The molecule has 0 aromatic rings. The molecule has 0 unspecified atom stereocenters. The van der Waals surface area contributed by atoms with E-state index in [1.165, 1.54) is 90.3 Å². The Hall–Kier alpha value is 0.210. The first-order valence-electron chi connectivity index (χ1n) is 9.20. The number of halogens is 1. The second kappa shape index (κ2) is 15.1. The first-order valence-corrected chi connectivity index (χ1v) is 9.20. The molecule has 0 radical (unpaired) electrons. The van der Waals surface area contributed by atoms with Gasteiger partial charge in [0, 0.05) is 6.61 Å². The zero-order valence-electron chi connectivity index (χ0n) is 14.2. The van der Waals surface area contributed by atoms with Crippen LogP contribution in [0.1, 0.15) is 84.0 Å². The Kier molecular flexibility index (Phi) is 15.3. The third-order valence-corrected chi connectivity index (χ3v) is 4.81. The van der Waals surface area contributed by atoms with Gasteiger partial charge < -0.3 is 10.0 Å². The molecule has 1 aliphatic heterocycles. The van der Waals surface area contributed by atoms with Gasteiger partial charge in [-0.1, -0.05) is 58.3 Å². The molecular formula is C18H38ClNO. The van der Waals surface area contributed by atoms with E-state index in [2.05, 4.69) is 11.8 Å². The van der Waals surface area contributed by atoms with Crippen LogP contribution in [0.2, 0.25) is 0 Å². The molecule has 0 aromatic heterocycles. The van der Waals surface area contributed by atoms with Crippen molar-refractivity contribution in [2.75, 3.05) is 26.2 Å². The molecule has 1 N–H and O–H groups in total. The average molecular weight is 320 g/mol. The highest BCUT2D eigenvalue weighted by Crippen LogP contribution is 2.23. The second-order valence-corrected chi connectivity index (χ2v) is 6.63. The SMILES string of the molecule is CCCCCCCCCC1CCN(CCCCO)CC1.Cl. The monoisotopic (exact) mass is 319 g/mol. The topological polar surface area (TPSA) is 23.5 Å². The molecule has 1 rings (SSSR count). The molecule has 0 amide bonds. The molecule has 1 saturated heterocycles. The zero-order valence-corrected chi connectivity index (χ0v) is 15.0. The van der Waals surface area contributed by atoms with Gasteiger partial charge in [0.25, 0.3) is 0 Å². The number of hydrogen-bond donors (Lipinski definition) is 1. The van der Waals surface area contributed by atoms with E-state index in [1.54, 1.807) is 0 Å². The lowest BCUT2D eigenvalue weighted by Gasteiger charge is -2.32. The quantitative estimate of drug-likeness (QED) is 0.510. The van der Waals surface area contributed by atoms with Crippen LogP contribution in [0.5, 0.6) is 0 Å². The highest BCUT2D eigenvalue weighted by molar-refractivity contribution is 5.85. The van der Waals surface area contributed by atoms with Crippen LogP contribution in [0, 0.1) is 5.92 Å². The van der Waals surface area contributed by atoms with E-state index in [9.17, 15) is 0 Å². The molecule has 0 atom stereocenters. The number of likely N-dealkylation sites (tertiary alicyclic amines) is 1. The van der Waals surface area contributed by atoms with Crippen molar-refractivity contribution >= 4 is 12.4 Å². The van der Waals surface area contributed by atoms with Crippen LogP contribution in [0.4, 0.5) is 0 Å². The molecule has 128 valence electrons. The Bertz CT molecular complexity index is 205. The Morgan fingerprint density at radius 3 is 2.10 bits per heavy atom. The standard InChI is InChI=1S/C18H37NO.ClH/c1-2-3-4-5-6-7-8-11-18-12-15-19(16-13-18)14-9-10-17-20;/h18,20H,2-17H2,1H3;1H. The largest absolute Gasteiger partial charge is 0.396 e. The summed E-state index contributed by atoms with van der Waals surface area (Å²) in [5.41, 5.74) is 0. The zero-order chi connectivity index (χ0) is 14.5. The van der Waals surface area contributed by atoms with Crippen molar-refractivity contribution in [3.63, 3.8) is 0 Å². The summed E-state index contributed by atoms with van der Waals surface area (Å²) in [5.74, 6) is 1.000. The van der Waals surface area contributed by atoms with Gasteiger partial charge in [0.15, 0.2) is 0 Å². The van der Waals surface area contributed by atoms with Gasteiger partial charge in [0.1, 0.15) is 0 Å². The third kappa shape index (κ3) is 11.4. The van der Waals surface area contributed by atoms with E-state index in [0.29, 0.717) is 6.61 Å². The minimum Gasteiger partial charge on any atom is -0.396 e. The number of rotatable bonds is 12. The molecule has 0 spiro atoms. The molecule has 1 aliphatic rings. The number of aliphatic hydroxyl groups is 1. The van der Waals surface area contributed by atoms with Crippen LogP contribution in [0.15, 0.2) is 0 Å². The molecular weight excluding hydrogens is 282 g/mol. The van der Waals surface area contributed by atoms with Crippen molar-refractivity contribution < 1.29 is 5.11 Å². The fourth-order valence-electron chi connectivity index (χ4n) is 3.34. The van der Waals surface area contributed by atoms with Gasteiger partial charge in [-0.25, -0.2) is 0 Å². The van der Waals surface area contributed by atoms with Crippen molar-refractivity contribution in [2.45, 2.75) is 84.0 Å². The van der Waals surface area contributed by atoms with Gasteiger partial charge in [0.05, 0.1) is 0 Å². The van der Waals surface area contributed by atoms with Crippen LogP contribution in [-0.4, -0.2) is 36.2 Å². The predicted octanol–water partition coefficient (Wildman–Crippen LogP) is 5.03. The minimum atomic E-state index is 0. The minimum absolute atomic E-state index is 0. The average Bonchev–Trinajstić information content (AvgIpc) is 2.48. The fourth-order valence-corrected chi connectivity index (χ4v) is 3.34. The fraction of sp³-hybridized carbons (Fsp3) is 1.00. The van der Waals surface area contributed by atoms with Gasteiger partial charge in [-0.15, -0.1) is 12.4 Å². The molecule has 2 nitrogen and oxygen atoms in total. The Labute approximate surface area is 139 Å². The van der Waals surface area contributed by atoms with E-state index >= 15 is 0 Å². The van der Waals surface area contributed by atoms with Crippen molar-refractivity contribution in [1.82, 2.24) is 4.90 Å². The Morgan fingerprint density at radius 2 is 1.48 bits per heavy atom. The molecule has 0 aliphatic carbocycles. The smallest absolute Gasteiger partial charge is 0.0431 e. The van der Waals surface area contributed by atoms with Crippen LogP contribution >= 0.6 is 12.4 Å². The summed E-state index contributed by atoms with van der Waals surface area (Å²) >= 11 is 0. The molecule has 0 aromatic carbocycles. The summed E-state index contributed by atoms with van der Waals surface area (Å²) in [5, 5.41) is 8.81. The summed E-state index contributed by atoms with van der Waals surface area (Å²) in [6.07, 6.45) is 16.5. The maximum atomic E-state index is 8.81. The highest BCUT2D eigenvalue weighted by Gasteiger charge is 2.18. The Balaban J connectivity index is 0.00000400. The summed E-state index contributed by atoms with van der Waals surface area (Å²) < 4.78 is 0. The van der Waals surface area contributed by atoms with Gasteiger partial charge in [0.2, 0.25) is 0 Å². The summed E-state index contributed by atoms with van der Waals surface area (Å²) in [4.78, 5) is 2.59. The molecule has 1 heterocycles. The van der Waals surface area contributed by atoms with Gasteiger partial charge in [-0.2, -0.15) is 0 Å². The predicted molar refractivity (Wildman–Crippen MR) is 95.3 cm³/mol. The van der Waals surface area contributed by atoms with E-state index in [0.717, 1.165) is 12.3 Å². The third-order valence-electron chi connectivity index (χ3n) is 4.81. The van der Waals surface area contributed by atoms with E-state index in [-0.39, 0.29) is 12.4 Å². The van der Waals surface area contributed by atoms with Crippen LogP contribution in [0.3, 0.4) is 0 Å². The van der Waals surface area contributed by atoms with E-state index < -0.39 is 0 Å². The summed E-state index contributed by atoms with van der Waals surface area (Å²) in [6, 6.07) is 0. The number of hydrogen-bond acceptors (Lipinski definition) is 2. The lowest BCUT2D eigenvalue weighted by atomic mass is 9.91. The maximum Gasteiger partial charge on any atom is 0.0431 e. The normalized spacial score (nSPS) is 16.9. The molecule has 0 saturated carbocycles. The number of nitrogens with zero attached hydrogens (tertiary/aromatic N) is 1. The lowest BCUT2D eigenvalue weighted by Crippen LogP contribution is -2.34. The molecule has 21 heavy (non-hydrogen) atoms. The van der Waals surface area contributed by atoms with Gasteiger partial charge >= 0.3 is 0 Å². The van der Waals surface area contributed by atoms with Crippen molar-refractivity contribution in [2.24, 2.45) is 5.92 Å². The summed E-state index contributed by atoms with van der Waals surface area (Å²) in [7, 11) is 0. The first-order chi connectivity index (χ1) is 9.86. The maximum absolute atomic E-state index is 8.81. The summed E-state index contributed by atoms with van der Waals surface area (Å²) in [6.45, 7) is 6.44. The van der Waals surface area contributed by atoms with Crippen LogP contribution in [-0.2, 0) is 0 Å². The van der Waals surface area contributed by atoms with Crippen molar-refractivity contribution in [1.29, 1.82) is 0 Å². The first kappa shape index (κ1) is 21.2.